The molecule has 1 fully saturated rings. The van der Waals surface area contributed by atoms with Crippen molar-refractivity contribution in [3.63, 3.8) is 0 Å². The predicted octanol–water partition coefficient (Wildman–Crippen LogP) is 4.07. The fourth-order valence-electron chi connectivity index (χ4n) is 4.74. The number of carbonyl (C=O) groups excluding carboxylic acids is 1. The third-order valence-corrected chi connectivity index (χ3v) is 6.35. The van der Waals surface area contributed by atoms with Gasteiger partial charge in [0.2, 0.25) is 0 Å². The summed E-state index contributed by atoms with van der Waals surface area (Å²) in [6.45, 7) is 3.39. The Balaban J connectivity index is 1.43. The van der Waals surface area contributed by atoms with Crippen molar-refractivity contribution in [1.29, 1.82) is 0 Å². The zero-order valence-corrected chi connectivity index (χ0v) is 18.8. The Hall–Kier alpha value is -3.51. The van der Waals surface area contributed by atoms with Crippen molar-refractivity contribution < 1.29 is 14.3 Å². The average Bonchev–Trinajstić information content (AvgIpc) is 2.90. The number of methoxy groups -OCH3 is 1. The van der Waals surface area contributed by atoms with E-state index in [0.29, 0.717) is 13.2 Å². The molecule has 1 atom stereocenters. The molecule has 2 amide bonds. The Morgan fingerprint density at radius 2 is 1.79 bits per heavy atom. The highest BCUT2D eigenvalue weighted by Crippen LogP contribution is 2.38. The van der Waals surface area contributed by atoms with Crippen LogP contribution in [0.25, 0.3) is 0 Å². The van der Waals surface area contributed by atoms with Gasteiger partial charge in [-0.25, -0.2) is 4.79 Å². The summed E-state index contributed by atoms with van der Waals surface area (Å²) in [5.41, 5.74) is 3.31. The molecule has 1 unspecified atom stereocenters. The van der Waals surface area contributed by atoms with Gasteiger partial charge in [-0.05, 0) is 29.3 Å². The minimum Gasteiger partial charge on any atom is -0.497 e. The summed E-state index contributed by atoms with van der Waals surface area (Å²) in [7, 11) is 1.69. The Labute approximate surface area is 194 Å². The Kier molecular flexibility index (Phi) is 6.17. The first-order valence-corrected chi connectivity index (χ1v) is 11.4. The molecule has 0 aliphatic carbocycles. The molecule has 170 valence electrons. The number of likely N-dealkylation sites (tertiary alicyclic amines) is 1. The molecule has 0 aromatic heterocycles. The van der Waals surface area contributed by atoms with Gasteiger partial charge in [0, 0.05) is 25.2 Å². The quantitative estimate of drug-likeness (QED) is 0.646. The molecule has 2 aliphatic heterocycles. The van der Waals surface area contributed by atoms with E-state index in [4.69, 9.17) is 9.47 Å². The molecule has 1 N–H and O–H groups in total. The molecule has 2 aliphatic rings. The van der Waals surface area contributed by atoms with Crippen LogP contribution in [-0.2, 0) is 6.54 Å². The summed E-state index contributed by atoms with van der Waals surface area (Å²) in [5.74, 6) is 1.70. The predicted molar refractivity (Wildman–Crippen MR) is 128 cm³/mol. The molecule has 0 radical (unpaired) electrons. The number of para-hydroxylation sites is 1. The van der Waals surface area contributed by atoms with Gasteiger partial charge >= 0.3 is 6.03 Å². The topological polar surface area (TPSA) is 54.0 Å². The number of urea groups is 1. The van der Waals surface area contributed by atoms with E-state index in [0.717, 1.165) is 42.3 Å². The fourth-order valence-corrected chi connectivity index (χ4v) is 4.74. The lowest BCUT2D eigenvalue weighted by Crippen LogP contribution is -2.62. The molecule has 3 aromatic carbocycles. The van der Waals surface area contributed by atoms with Crippen molar-refractivity contribution >= 4 is 6.03 Å². The van der Waals surface area contributed by atoms with Crippen molar-refractivity contribution in [3.8, 4) is 11.5 Å². The first-order valence-electron chi connectivity index (χ1n) is 11.4. The summed E-state index contributed by atoms with van der Waals surface area (Å²) >= 11 is 0. The number of amides is 2. The Morgan fingerprint density at radius 3 is 2.61 bits per heavy atom. The van der Waals surface area contributed by atoms with E-state index >= 15 is 0 Å². The van der Waals surface area contributed by atoms with E-state index in [-0.39, 0.29) is 18.1 Å². The van der Waals surface area contributed by atoms with Gasteiger partial charge in [-0.2, -0.15) is 0 Å². The maximum atomic E-state index is 13.4. The molecular weight excluding hydrogens is 414 g/mol. The van der Waals surface area contributed by atoms with E-state index in [1.165, 1.54) is 5.56 Å². The van der Waals surface area contributed by atoms with Crippen molar-refractivity contribution in [3.05, 3.63) is 95.6 Å². The molecule has 0 saturated carbocycles. The molecule has 1 saturated heterocycles. The standard InChI is InChI=1S/C27H29N3O3/c1-32-23-11-7-8-20(16-23)17-29-18-22(19-29)30-26(21-9-3-2-4-10-21)24-12-5-6-13-25(24)33-15-14-28-27(30)31/h2-13,16,22,26H,14-15,17-19H2,1H3,(H,28,31). The largest absolute Gasteiger partial charge is 0.497 e. The number of rotatable bonds is 5. The van der Waals surface area contributed by atoms with Gasteiger partial charge in [0.25, 0.3) is 0 Å². The van der Waals surface area contributed by atoms with E-state index in [1.807, 2.05) is 53.4 Å². The summed E-state index contributed by atoms with van der Waals surface area (Å²) < 4.78 is 11.4. The summed E-state index contributed by atoms with van der Waals surface area (Å²) in [4.78, 5) is 17.8. The monoisotopic (exact) mass is 443 g/mol. The molecule has 6 nitrogen and oxygen atoms in total. The first kappa shape index (κ1) is 21.3. The number of benzene rings is 3. The van der Waals surface area contributed by atoms with E-state index in [1.54, 1.807) is 7.11 Å². The lowest BCUT2D eigenvalue weighted by Gasteiger charge is -2.48. The molecule has 0 spiro atoms. The van der Waals surface area contributed by atoms with Gasteiger partial charge in [0.1, 0.15) is 18.1 Å². The normalized spacial score (nSPS) is 19.2. The minimum absolute atomic E-state index is 0.0461. The van der Waals surface area contributed by atoms with Gasteiger partial charge in [-0.15, -0.1) is 0 Å². The molecule has 5 rings (SSSR count). The maximum absolute atomic E-state index is 13.4. The van der Waals surface area contributed by atoms with Gasteiger partial charge in [0.15, 0.2) is 0 Å². The van der Waals surface area contributed by atoms with Crippen LogP contribution in [0.2, 0.25) is 0 Å². The van der Waals surface area contributed by atoms with Gasteiger partial charge in [-0.1, -0.05) is 60.7 Å². The Bertz CT molecular complexity index is 1100. The second-order valence-electron chi connectivity index (χ2n) is 8.54. The number of nitrogens with one attached hydrogen (secondary N) is 1. The van der Waals surface area contributed by atoms with Crippen LogP contribution in [0.5, 0.6) is 11.5 Å². The van der Waals surface area contributed by atoms with Crippen molar-refractivity contribution in [1.82, 2.24) is 15.1 Å². The highest BCUT2D eigenvalue weighted by molar-refractivity contribution is 5.76. The van der Waals surface area contributed by atoms with E-state index in [2.05, 4.69) is 40.5 Å². The zero-order chi connectivity index (χ0) is 22.6. The minimum atomic E-state index is -0.218. The third-order valence-electron chi connectivity index (χ3n) is 6.35. The van der Waals surface area contributed by atoms with Gasteiger partial charge in [0.05, 0.1) is 25.7 Å². The number of carbonyl (C=O) groups is 1. The van der Waals surface area contributed by atoms with Crippen LogP contribution in [0.3, 0.4) is 0 Å². The van der Waals surface area contributed by atoms with Crippen LogP contribution in [0.1, 0.15) is 22.7 Å². The number of fused-ring (bicyclic) bond motifs is 1. The van der Waals surface area contributed by atoms with Crippen molar-refractivity contribution in [2.75, 3.05) is 33.4 Å². The third kappa shape index (κ3) is 4.52. The van der Waals surface area contributed by atoms with Crippen LogP contribution < -0.4 is 14.8 Å². The molecular formula is C27H29N3O3. The zero-order valence-electron chi connectivity index (χ0n) is 18.8. The molecule has 0 bridgehead atoms. The first-order chi connectivity index (χ1) is 16.2. The highest BCUT2D eigenvalue weighted by atomic mass is 16.5. The second-order valence-corrected chi connectivity index (χ2v) is 8.54. The summed E-state index contributed by atoms with van der Waals surface area (Å²) in [6.07, 6.45) is 0. The lowest BCUT2D eigenvalue weighted by atomic mass is 9.93. The van der Waals surface area contributed by atoms with Crippen molar-refractivity contribution in [2.24, 2.45) is 0 Å². The maximum Gasteiger partial charge on any atom is 0.318 e. The van der Waals surface area contributed by atoms with Gasteiger partial charge in [-0.3, -0.25) is 4.90 Å². The number of ether oxygens (including phenoxy) is 2. The molecule has 33 heavy (non-hydrogen) atoms. The average molecular weight is 444 g/mol. The van der Waals surface area contributed by atoms with E-state index < -0.39 is 0 Å². The van der Waals surface area contributed by atoms with Crippen LogP contribution in [0, 0.1) is 0 Å². The van der Waals surface area contributed by atoms with Crippen LogP contribution in [0.4, 0.5) is 4.79 Å². The second kappa shape index (κ2) is 9.55. The summed E-state index contributed by atoms with van der Waals surface area (Å²) in [5, 5.41) is 3.06. The van der Waals surface area contributed by atoms with Crippen molar-refractivity contribution in [2.45, 2.75) is 18.6 Å². The van der Waals surface area contributed by atoms with Gasteiger partial charge < -0.3 is 19.7 Å². The Morgan fingerprint density at radius 1 is 1.00 bits per heavy atom. The smallest absolute Gasteiger partial charge is 0.318 e. The van der Waals surface area contributed by atoms with Crippen LogP contribution >= 0.6 is 0 Å². The SMILES string of the molecule is COc1cccc(CN2CC(N3C(=O)NCCOc4ccccc4C3c3ccccc3)C2)c1. The van der Waals surface area contributed by atoms with Crippen LogP contribution in [-0.4, -0.2) is 55.2 Å². The van der Waals surface area contributed by atoms with Crippen LogP contribution in [0.15, 0.2) is 78.9 Å². The fraction of sp³-hybridized carbons (Fsp3) is 0.296. The lowest BCUT2D eigenvalue weighted by molar-refractivity contribution is 0.0347. The molecule has 3 aromatic rings. The van der Waals surface area contributed by atoms with E-state index in [9.17, 15) is 4.79 Å². The number of hydrogen-bond donors (Lipinski definition) is 1. The molecule has 6 heteroatoms. The number of hydrogen-bond acceptors (Lipinski definition) is 4. The summed E-state index contributed by atoms with van der Waals surface area (Å²) in [6, 6.07) is 26.3. The highest BCUT2D eigenvalue weighted by Gasteiger charge is 2.40. The molecule has 2 heterocycles. The number of nitrogens with zero attached hydrogens (tertiary/aromatic N) is 2.